The molecule has 4 nitrogen and oxygen atoms in total. The number of aromatic nitrogens is 2. The van der Waals surface area contributed by atoms with Crippen LogP contribution in [0.4, 0.5) is 4.39 Å². The first-order chi connectivity index (χ1) is 8.28. The molecule has 2 aromatic rings. The normalized spacial score (nSPS) is 10.1. The smallest absolute Gasteiger partial charge is 0.276 e. The van der Waals surface area contributed by atoms with Gasteiger partial charge >= 0.3 is 0 Å². The van der Waals surface area contributed by atoms with Gasteiger partial charge in [0.1, 0.15) is 5.82 Å². The molecule has 0 saturated heterocycles. The van der Waals surface area contributed by atoms with Crippen LogP contribution >= 0.6 is 11.8 Å². The van der Waals surface area contributed by atoms with Crippen molar-refractivity contribution in [1.29, 1.82) is 0 Å². The Hall–Kier alpha value is -1.11. The Balaban J connectivity index is 0.00000162. The monoisotopic (exact) mass is 288 g/mol. The zero-order valence-electron chi connectivity index (χ0n) is 9.47. The average molecular weight is 289 g/mol. The number of hydrogen-bond donors (Lipinski definition) is 1. The highest BCUT2D eigenvalue weighted by Gasteiger charge is 2.06. The summed E-state index contributed by atoms with van der Waals surface area (Å²) in [4.78, 5) is 0. The van der Waals surface area contributed by atoms with E-state index in [1.165, 1.54) is 23.9 Å². The molecule has 2 rings (SSSR count). The molecule has 0 aliphatic rings. The summed E-state index contributed by atoms with van der Waals surface area (Å²) in [5.74, 6) is 0.987. The van der Waals surface area contributed by atoms with Gasteiger partial charge in [0.05, 0.1) is 0 Å². The summed E-state index contributed by atoms with van der Waals surface area (Å²) < 4.78 is 18.0. The molecule has 98 valence electrons. The summed E-state index contributed by atoms with van der Waals surface area (Å²) in [6.07, 6.45) is 0.587. The lowest BCUT2D eigenvalue weighted by atomic mass is 10.2. The van der Waals surface area contributed by atoms with Crippen LogP contribution in [0.5, 0.6) is 0 Å². The summed E-state index contributed by atoms with van der Waals surface area (Å²) in [6.45, 7) is 0.490. The lowest BCUT2D eigenvalue weighted by molar-refractivity contribution is -0.00000491. The van der Waals surface area contributed by atoms with Crippen molar-refractivity contribution in [3.05, 3.63) is 41.5 Å². The second-order valence-electron chi connectivity index (χ2n) is 3.42. The topological polar surface area (TPSA) is 64.9 Å². The van der Waals surface area contributed by atoms with Crippen molar-refractivity contribution in [3.63, 3.8) is 0 Å². The van der Waals surface area contributed by atoms with Crippen molar-refractivity contribution in [2.45, 2.75) is 17.4 Å². The van der Waals surface area contributed by atoms with Gasteiger partial charge in [-0.25, -0.2) is 4.39 Å². The standard InChI is InChI=1S/C11H12FN3OS.ClH/c12-9-3-1-8(2-4-9)7-17-11-15-14-10(16-11)5-6-13;/h1-4H,5-7,13H2;1H/p-1. The number of nitrogens with zero attached hydrogens (tertiary/aromatic N) is 2. The minimum Gasteiger partial charge on any atom is -1.00 e. The van der Waals surface area contributed by atoms with Crippen LogP contribution in [0.1, 0.15) is 11.5 Å². The van der Waals surface area contributed by atoms with Gasteiger partial charge in [0, 0.05) is 18.7 Å². The van der Waals surface area contributed by atoms with E-state index in [0.717, 1.165) is 5.56 Å². The SMILES string of the molecule is NCCc1nnc(SCc2ccc(F)cc2)o1.[Cl-]. The number of benzene rings is 1. The molecular formula is C11H12ClFN3OS-. The van der Waals surface area contributed by atoms with E-state index in [-0.39, 0.29) is 18.2 Å². The number of halogens is 2. The van der Waals surface area contributed by atoms with Crippen molar-refractivity contribution >= 4 is 11.8 Å². The van der Waals surface area contributed by atoms with Crippen molar-refractivity contribution in [3.8, 4) is 0 Å². The van der Waals surface area contributed by atoms with Gasteiger partial charge in [-0.3, -0.25) is 0 Å². The van der Waals surface area contributed by atoms with Gasteiger partial charge in [0.15, 0.2) is 0 Å². The quantitative estimate of drug-likeness (QED) is 0.716. The Morgan fingerprint density at radius 3 is 2.61 bits per heavy atom. The summed E-state index contributed by atoms with van der Waals surface area (Å²) in [5.41, 5.74) is 6.39. The first-order valence-electron chi connectivity index (χ1n) is 5.17. The molecule has 0 radical (unpaired) electrons. The fourth-order valence-electron chi connectivity index (χ4n) is 1.25. The predicted molar refractivity (Wildman–Crippen MR) is 63.0 cm³/mol. The van der Waals surface area contributed by atoms with E-state index < -0.39 is 0 Å². The number of hydrogen-bond acceptors (Lipinski definition) is 5. The molecule has 0 saturated carbocycles. The molecule has 0 spiro atoms. The highest BCUT2D eigenvalue weighted by Crippen LogP contribution is 2.21. The number of rotatable bonds is 5. The van der Waals surface area contributed by atoms with E-state index in [2.05, 4.69) is 10.2 Å². The predicted octanol–water partition coefficient (Wildman–Crippen LogP) is -0.994. The van der Waals surface area contributed by atoms with Gasteiger partial charge in [-0.05, 0) is 17.7 Å². The molecule has 0 fully saturated rings. The Kier molecular flexibility index (Phi) is 6.11. The van der Waals surface area contributed by atoms with Crippen molar-refractivity contribution < 1.29 is 21.2 Å². The number of thioether (sulfide) groups is 1. The van der Waals surface area contributed by atoms with E-state index in [1.54, 1.807) is 12.1 Å². The lowest BCUT2D eigenvalue weighted by Crippen LogP contribution is -3.00. The van der Waals surface area contributed by atoms with Crippen LogP contribution < -0.4 is 18.1 Å². The Morgan fingerprint density at radius 2 is 1.94 bits per heavy atom. The third-order valence-corrected chi connectivity index (χ3v) is 2.97. The molecule has 2 N–H and O–H groups in total. The average Bonchev–Trinajstić information content (AvgIpc) is 2.77. The minimum absolute atomic E-state index is 0. The molecule has 1 heterocycles. The molecule has 0 bridgehead atoms. The molecule has 0 amide bonds. The molecule has 7 heteroatoms. The highest BCUT2D eigenvalue weighted by atomic mass is 35.5. The van der Waals surface area contributed by atoms with Gasteiger partial charge in [0.2, 0.25) is 5.89 Å². The third kappa shape index (κ3) is 4.29. The van der Waals surface area contributed by atoms with Gasteiger partial charge < -0.3 is 22.6 Å². The van der Waals surface area contributed by atoms with Crippen molar-refractivity contribution in [2.75, 3.05) is 6.54 Å². The van der Waals surface area contributed by atoms with Crippen LogP contribution in [-0.2, 0) is 12.2 Å². The third-order valence-electron chi connectivity index (χ3n) is 2.08. The largest absolute Gasteiger partial charge is 1.00 e. The summed E-state index contributed by atoms with van der Waals surface area (Å²) >= 11 is 1.42. The Morgan fingerprint density at radius 1 is 1.22 bits per heavy atom. The molecule has 1 aromatic heterocycles. The molecule has 1 aromatic carbocycles. The number of nitrogens with two attached hydrogens (primary N) is 1. The molecule has 0 atom stereocenters. The van der Waals surface area contributed by atoms with Crippen LogP contribution in [0.25, 0.3) is 0 Å². The fraction of sp³-hybridized carbons (Fsp3) is 0.273. The van der Waals surface area contributed by atoms with Gasteiger partial charge in [0.25, 0.3) is 5.22 Å². The van der Waals surface area contributed by atoms with Crippen LogP contribution in [0.3, 0.4) is 0 Å². The second-order valence-corrected chi connectivity index (χ2v) is 4.34. The first kappa shape index (κ1) is 14.9. The summed E-state index contributed by atoms with van der Waals surface area (Å²) in [7, 11) is 0. The van der Waals surface area contributed by atoms with Gasteiger partial charge in [-0.1, -0.05) is 23.9 Å². The molecule has 18 heavy (non-hydrogen) atoms. The maximum absolute atomic E-state index is 12.7. The second kappa shape index (κ2) is 7.35. The molecule has 0 aliphatic carbocycles. The van der Waals surface area contributed by atoms with Crippen LogP contribution in [0.2, 0.25) is 0 Å². The fourth-order valence-corrected chi connectivity index (χ4v) is 1.98. The summed E-state index contributed by atoms with van der Waals surface area (Å²) in [6, 6.07) is 6.34. The van der Waals surface area contributed by atoms with E-state index >= 15 is 0 Å². The Bertz CT molecular complexity index is 477. The molecule has 0 aliphatic heterocycles. The maximum Gasteiger partial charge on any atom is 0.276 e. The van der Waals surface area contributed by atoms with Crippen LogP contribution in [-0.4, -0.2) is 16.7 Å². The van der Waals surface area contributed by atoms with Crippen LogP contribution in [0, 0.1) is 5.82 Å². The molecular weight excluding hydrogens is 277 g/mol. The van der Waals surface area contributed by atoms with Crippen molar-refractivity contribution in [1.82, 2.24) is 10.2 Å². The zero-order chi connectivity index (χ0) is 12.1. The van der Waals surface area contributed by atoms with E-state index in [0.29, 0.717) is 29.8 Å². The van der Waals surface area contributed by atoms with E-state index in [4.69, 9.17) is 10.2 Å². The Labute approximate surface area is 115 Å². The minimum atomic E-state index is -0.234. The van der Waals surface area contributed by atoms with E-state index in [1.807, 2.05) is 0 Å². The lowest BCUT2D eigenvalue weighted by Gasteiger charge is -1.97. The van der Waals surface area contributed by atoms with Gasteiger partial charge in [-0.15, -0.1) is 10.2 Å². The zero-order valence-corrected chi connectivity index (χ0v) is 11.0. The maximum atomic E-state index is 12.7. The van der Waals surface area contributed by atoms with E-state index in [9.17, 15) is 4.39 Å². The molecule has 0 unspecified atom stereocenters. The summed E-state index contributed by atoms with van der Waals surface area (Å²) in [5, 5.41) is 8.25. The highest BCUT2D eigenvalue weighted by molar-refractivity contribution is 7.98. The van der Waals surface area contributed by atoms with Crippen molar-refractivity contribution in [2.24, 2.45) is 5.73 Å². The van der Waals surface area contributed by atoms with Gasteiger partial charge in [-0.2, -0.15) is 0 Å². The van der Waals surface area contributed by atoms with Crippen LogP contribution in [0.15, 0.2) is 33.9 Å². The first-order valence-corrected chi connectivity index (χ1v) is 6.16.